The van der Waals surface area contributed by atoms with Gasteiger partial charge in [-0.3, -0.25) is 0 Å². The highest BCUT2D eigenvalue weighted by Crippen LogP contribution is 2.27. The number of rotatable bonds is 6. The Bertz CT molecular complexity index is 471. The van der Waals surface area contributed by atoms with Crippen molar-refractivity contribution in [1.29, 1.82) is 0 Å². The monoisotopic (exact) mass is 319 g/mol. The van der Waals surface area contributed by atoms with Gasteiger partial charge >= 0.3 is 0 Å². The van der Waals surface area contributed by atoms with Gasteiger partial charge in [0.25, 0.3) is 0 Å². The maximum atomic E-state index is 5.89. The van der Waals surface area contributed by atoms with E-state index in [0.29, 0.717) is 18.6 Å². The third kappa shape index (κ3) is 4.93. The van der Waals surface area contributed by atoms with Crippen LogP contribution < -0.4 is 4.74 Å². The summed E-state index contributed by atoms with van der Waals surface area (Å²) in [4.78, 5) is 2.61. The molecule has 0 unspecified atom stereocenters. The van der Waals surface area contributed by atoms with Crippen molar-refractivity contribution < 1.29 is 14.2 Å². The molecule has 4 heteroatoms. The van der Waals surface area contributed by atoms with Gasteiger partial charge in [-0.05, 0) is 43.2 Å². The first-order chi connectivity index (χ1) is 11.3. The molecule has 0 bridgehead atoms. The van der Waals surface area contributed by atoms with Crippen molar-refractivity contribution in [2.24, 2.45) is 5.92 Å². The van der Waals surface area contributed by atoms with Crippen LogP contribution in [0.15, 0.2) is 24.3 Å². The number of piperidine rings is 1. The second-order valence-corrected chi connectivity index (χ2v) is 6.68. The first kappa shape index (κ1) is 16.7. The first-order valence-electron chi connectivity index (χ1n) is 8.88. The molecule has 2 aliphatic heterocycles. The highest BCUT2D eigenvalue weighted by Gasteiger charge is 2.24. The number of likely N-dealkylation sites (tertiary alicyclic amines) is 1. The zero-order chi connectivity index (χ0) is 15.9. The molecule has 128 valence electrons. The lowest BCUT2D eigenvalue weighted by Crippen LogP contribution is -2.40. The normalized spacial score (nSPS) is 23.1. The number of nitrogens with zero attached hydrogens (tertiary/aromatic N) is 1. The maximum Gasteiger partial charge on any atom is 0.122 e. The Hall–Kier alpha value is -1.10. The molecule has 0 aromatic heterocycles. The molecule has 0 aliphatic carbocycles. The van der Waals surface area contributed by atoms with Crippen LogP contribution >= 0.6 is 0 Å². The van der Waals surface area contributed by atoms with Crippen molar-refractivity contribution in [2.45, 2.75) is 31.8 Å². The molecule has 3 rings (SSSR count). The Morgan fingerprint density at radius 3 is 2.78 bits per heavy atom. The van der Waals surface area contributed by atoms with Crippen molar-refractivity contribution >= 4 is 0 Å². The standard InChI is InChI=1S/C19H29NO3/c1-21-12-13-22-18-6-9-20(10-7-18)15-16-8-11-23-19-5-3-2-4-17(19)14-16/h2-5,16,18H,6-15H2,1H3/t16-/m1/s1. The number of hydrogen-bond acceptors (Lipinski definition) is 4. The SMILES string of the molecule is COCCOC1CCN(C[C@@H]2CCOc3ccccc3C2)CC1. The highest BCUT2D eigenvalue weighted by molar-refractivity contribution is 5.34. The topological polar surface area (TPSA) is 30.9 Å². The van der Waals surface area contributed by atoms with E-state index in [1.807, 2.05) is 0 Å². The average molecular weight is 319 g/mol. The van der Waals surface area contributed by atoms with Crippen LogP contribution in [0.25, 0.3) is 0 Å². The third-order valence-corrected chi connectivity index (χ3v) is 4.96. The van der Waals surface area contributed by atoms with Crippen molar-refractivity contribution in [3.05, 3.63) is 29.8 Å². The van der Waals surface area contributed by atoms with E-state index in [0.717, 1.165) is 57.7 Å². The van der Waals surface area contributed by atoms with E-state index >= 15 is 0 Å². The van der Waals surface area contributed by atoms with Gasteiger partial charge in [-0.15, -0.1) is 0 Å². The number of hydrogen-bond donors (Lipinski definition) is 0. The predicted octanol–water partition coefficient (Wildman–Crippen LogP) is 2.76. The quantitative estimate of drug-likeness (QED) is 0.755. The van der Waals surface area contributed by atoms with Gasteiger partial charge in [0, 0.05) is 26.7 Å². The smallest absolute Gasteiger partial charge is 0.122 e. The van der Waals surface area contributed by atoms with Gasteiger partial charge in [0.15, 0.2) is 0 Å². The van der Waals surface area contributed by atoms with Crippen LogP contribution in [0.3, 0.4) is 0 Å². The van der Waals surface area contributed by atoms with E-state index in [1.165, 1.54) is 12.1 Å². The summed E-state index contributed by atoms with van der Waals surface area (Å²) >= 11 is 0. The van der Waals surface area contributed by atoms with Crippen molar-refractivity contribution in [3.8, 4) is 5.75 Å². The number of benzene rings is 1. The molecule has 1 aromatic rings. The zero-order valence-electron chi connectivity index (χ0n) is 14.2. The van der Waals surface area contributed by atoms with Crippen LogP contribution in [0.5, 0.6) is 5.75 Å². The minimum Gasteiger partial charge on any atom is -0.493 e. The molecule has 0 spiro atoms. The second-order valence-electron chi connectivity index (χ2n) is 6.68. The fraction of sp³-hybridized carbons (Fsp3) is 0.684. The van der Waals surface area contributed by atoms with E-state index in [4.69, 9.17) is 14.2 Å². The lowest BCUT2D eigenvalue weighted by atomic mass is 9.95. The van der Waals surface area contributed by atoms with Crippen molar-refractivity contribution in [3.63, 3.8) is 0 Å². The third-order valence-electron chi connectivity index (χ3n) is 4.96. The predicted molar refractivity (Wildman–Crippen MR) is 91.0 cm³/mol. The van der Waals surface area contributed by atoms with Crippen LogP contribution in [0.4, 0.5) is 0 Å². The molecule has 1 fully saturated rings. The van der Waals surface area contributed by atoms with E-state index in [9.17, 15) is 0 Å². The maximum absolute atomic E-state index is 5.89. The fourth-order valence-corrected chi connectivity index (χ4v) is 3.64. The second kappa shape index (κ2) is 8.67. The molecule has 0 N–H and O–H groups in total. The summed E-state index contributed by atoms with van der Waals surface area (Å²) in [5, 5.41) is 0. The van der Waals surface area contributed by atoms with Crippen molar-refractivity contribution in [2.75, 3.05) is 46.6 Å². The van der Waals surface area contributed by atoms with Gasteiger partial charge < -0.3 is 19.1 Å². The lowest BCUT2D eigenvalue weighted by Gasteiger charge is -2.34. The Labute approximate surface area is 139 Å². The fourth-order valence-electron chi connectivity index (χ4n) is 3.64. The molecule has 0 radical (unpaired) electrons. The molecule has 2 heterocycles. The molecular formula is C19H29NO3. The number of para-hydroxylation sites is 1. The van der Waals surface area contributed by atoms with Gasteiger partial charge in [-0.1, -0.05) is 18.2 Å². The molecule has 1 atom stereocenters. The summed E-state index contributed by atoms with van der Waals surface area (Å²) in [7, 11) is 1.72. The number of methoxy groups -OCH3 is 1. The molecule has 4 nitrogen and oxygen atoms in total. The summed E-state index contributed by atoms with van der Waals surface area (Å²) < 4.78 is 16.8. The van der Waals surface area contributed by atoms with Crippen LogP contribution in [-0.2, 0) is 15.9 Å². The van der Waals surface area contributed by atoms with Gasteiger partial charge in [0.1, 0.15) is 5.75 Å². The van der Waals surface area contributed by atoms with Gasteiger partial charge in [0.2, 0.25) is 0 Å². The van der Waals surface area contributed by atoms with Gasteiger partial charge in [0.05, 0.1) is 25.9 Å². The summed E-state index contributed by atoms with van der Waals surface area (Å²) in [6, 6.07) is 8.49. The highest BCUT2D eigenvalue weighted by atomic mass is 16.5. The molecular weight excluding hydrogens is 290 g/mol. The molecule has 0 saturated carbocycles. The minimum absolute atomic E-state index is 0.416. The number of fused-ring (bicyclic) bond motifs is 1. The van der Waals surface area contributed by atoms with E-state index in [2.05, 4.69) is 29.2 Å². The van der Waals surface area contributed by atoms with Crippen molar-refractivity contribution in [1.82, 2.24) is 4.90 Å². The Morgan fingerprint density at radius 2 is 1.96 bits per heavy atom. The van der Waals surface area contributed by atoms with Crippen LogP contribution in [-0.4, -0.2) is 57.6 Å². The molecule has 1 aromatic carbocycles. The summed E-state index contributed by atoms with van der Waals surface area (Å²) in [5.74, 6) is 1.78. The Kier molecular flexibility index (Phi) is 6.31. The summed E-state index contributed by atoms with van der Waals surface area (Å²) in [6.07, 6.45) is 4.99. The average Bonchev–Trinajstić information content (AvgIpc) is 2.78. The molecule has 1 saturated heterocycles. The summed E-state index contributed by atoms with van der Waals surface area (Å²) in [5.41, 5.74) is 1.37. The Morgan fingerprint density at radius 1 is 1.13 bits per heavy atom. The van der Waals surface area contributed by atoms with E-state index < -0.39 is 0 Å². The van der Waals surface area contributed by atoms with Gasteiger partial charge in [-0.2, -0.15) is 0 Å². The zero-order valence-corrected chi connectivity index (χ0v) is 14.2. The van der Waals surface area contributed by atoms with Crippen LogP contribution in [0.1, 0.15) is 24.8 Å². The first-order valence-corrected chi connectivity index (χ1v) is 8.88. The summed E-state index contributed by atoms with van der Waals surface area (Å²) in [6.45, 7) is 5.74. The van der Waals surface area contributed by atoms with E-state index in [-0.39, 0.29) is 0 Å². The Balaban J connectivity index is 1.44. The van der Waals surface area contributed by atoms with Crippen LogP contribution in [0.2, 0.25) is 0 Å². The number of ether oxygens (including phenoxy) is 3. The van der Waals surface area contributed by atoms with Gasteiger partial charge in [-0.25, -0.2) is 0 Å². The molecule has 23 heavy (non-hydrogen) atoms. The van der Waals surface area contributed by atoms with Crippen LogP contribution in [0, 0.1) is 5.92 Å². The largest absolute Gasteiger partial charge is 0.493 e. The molecule has 2 aliphatic rings. The van der Waals surface area contributed by atoms with E-state index in [1.54, 1.807) is 7.11 Å². The molecule has 0 amide bonds. The minimum atomic E-state index is 0.416. The lowest BCUT2D eigenvalue weighted by molar-refractivity contribution is -0.0168.